The Morgan fingerprint density at radius 2 is 1.79 bits per heavy atom. The molecule has 13 heteroatoms. The van der Waals surface area contributed by atoms with E-state index < -0.39 is 56.7 Å². The van der Waals surface area contributed by atoms with Gasteiger partial charge in [0.25, 0.3) is 5.91 Å². The highest BCUT2D eigenvalue weighted by Crippen LogP contribution is 2.47. The first kappa shape index (κ1) is 27.2. The Bertz CT molecular complexity index is 1280. The summed E-state index contributed by atoms with van der Waals surface area (Å²) in [7, 11) is -2.32. The minimum Gasteiger partial charge on any atom is -0.490 e. The number of hydrogen-bond donors (Lipinski definition) is 3. The van der Waals surface area contributed by atoms with Crippen molar-refractivity contribution in [3.8, 4) is 5.75 Å². The van der Waals surface area contributed by atoms with Crippen LogP contribution >= 0.6 is 0 Å². The molecule has 0 unspecified atom stereocenters. The van der Waals surface area contributed by atoms with E-state index in [0.29, 0.717) is 50.3 Å². The number of nitrogens with zero attached hydrogens (tertiary/aromatic N) is 1. The highest BCUT2D eigenvalue weighted by atomic mass is 32.2. The fraction of sp³-hybridized carbons (Fsp3) is 0.615. The third-order valence-corrected chi connectivity index (χ3v) is 10.0. The van der Waals surface area contributed by atoms with Gasteiger partial charge in [0.05, 0.1) is 29.3 Å². The predicted octanol–water partition coefficient (Wildman–Crippen LogP) is 1.06. The molecule has 1 aromatic rings. The summed E-state index contributed by atoms with van der Waals surface area (Å²) in [4.78, 5) is 53.9. The van der Waals surface area contributed by atoms with E-state index in [-0.39, 0.29) is 24.7 Å². The fourth-order valence-electron chi connectivity index (χ4n) is 5.72. The fourth-order valence-corrected chi connectivity index (χ4v) is 7.09. The normalized spacial score (nSPS) is 29.4. The number of sulfonamides is 1. The quantitative estimate of drug-likeness (QED) is 0.424. The van der Waals surface area contributed by atoms with E-state index in [1.54, 1.807) is 24.3 Å². The second-order valence-corrected chi connectivity index (χ2v) is 12.7. The molecule has 39 heavy (non-hydrogen) atoms. The van der Waals surface area contributed by atoms with E-state index >= 15 is 0 Å². The molecule has 5 rings (SSSR count). The van der Waals surface area contributed by atoms with Crippen LogP contribution in [0.2, 0.25) is 0 Å². The van der Waals surface area contributed by atoms with Crippen molar-refractivity contribution in [2.45, 2.75) is 62.3 Å². The number of benzene rings is 1. The zero-order chi connectivity index (χ0) is 27.9. The average Bonchev–Trinajstić information content (AvgIpc) is 3.84. The largest absolute Gasteiger partial charge is 0.490 e. The van der Waals surface area contributed by atoms with E-state index in [1.807, 2.05) is 6.92 Å². The molecule has 3 N–H and O–H groups in total. The third-order valence-electron chi connectivity index (χ3n) is 8.20. The monoisotopic (exact) mass is 562 g/mol. The number of fused-ring (bicyclic) bond motifs is 1. The zero-order valence-electron chi connectivity index (χ0n) is 22.0. The van der Waals surface area contributed by atoms with Crippen LogP contribution in [0.4, 0.5) is 10.5 Å². The number of rotatable bonds is 8. The van der Waals surface area contributed by atoms with Crippen molar-refractivity contribution in [2.75, 3.05) is 25.1 Å². The molecule has 1 aliphatic heterocycles. The molecule has 4 aliphatic rings. The molecule has 0 aromatic heterocycles. The number of hydrogen-bond acceptors (Lipinski definition) is 8. The van der Waals surface area contributed by atoms with Crippen LogP contribution in [-0.2, 0) is 29.1 Å². The molecule has 3 saturated carbocycles. The first-order valence-corrected chi connectivity index (χ1v) is 14.9. The maximum absolute atomic E-state index is 13.5. The number of ether oxygens (including phenoxy) is 2. The van der Waals surface area contributed by atoms with Gasteiger partial charge in [0, 0.05) is 7.05 Å². The van der Waals surface area contributed by atoms with Crippen LogP contribution in [0.3, 0.4) is 0 Å². The van der Waals surface area contributed by atoms with Crippen molar-refractivity contribution >= 4 is 39.5 Å². The van der Waals surface area contributed by atoms with Crippen LogP contribution in [-0.4, -0.2) is 69.3 Å². The molecular weight excluding hydrogens is 528 g/mol. The molecule has 3 aliphatic carbocycles. The Labute approximate surface area is 227 Å². The second kappa shape index (κ2) is 10.3. The molecule has 0 bridgehead atoms. The number of amides is 4. The zero-order valence-corrected chi connectivity index (χ0v) is 22.8. The molecule has 4 amide bonds. The molecular formula is C26H34N4O8S. The Morgan fingerprint density at radius 3 is 2.44 bits per heavy atom. The standard InChI is InChI=1S/C26H34N4O8S/c1-3-15-14-26(15,24(33)29-39(35,36)17-8-9-17)28-23(32)19-13-16(12-18(19)22(31)27-2)38-25(34)30-10-11-37-21-7-5-4-6-20(21)30/h4-7,15-19H,3,8-14H2,1-2H3,(H,27,31)(H,28,32)(H,29,33)/t15-,16+,18-,19-,26-/m1/s1. The van der Waals surface area contributed by atoms with Crippen LogP contribution < -0.4 is 25.0 Å². The molecule has 212 valence electrons. The van der Waals surface area contributed by atoms with E-state index in [0.717, 1.165) is 0 Å². The first-order valence-electron chi connectivity index (χ1n) is 13.4. The molecule has 5 atom stereocenters. The molecule has 12 nitrogen and oxygen atoms in total. The summed E-state index contributed by atoms with van der Waals surface area (Å²) in [5.74, 6) is -2.93. The van der Waals surface area contributed by atoms with Crippen molar-refractivity contribution in [3.63, 3.8) is 0 Å². The summed E-state index contributed by atoms with van der Waals surface area (Å²) in [6.45, 7) is 2.47. The summed E-state index contributed by atoms with van der Waals surface area (Å²) >= 11 is 0. The Morgan fingerprint density at radius 1 is 1.10 bits per heavy atom. The van der Waals surface area contributed by atoms with E-state index in [4.69, 9.17) is 9.47 Å². The van der Waals surface area contributed by atoms with Crippen LogP contribution in [0.1, 0.15) is 45.4 Å². The van der Waals surface area contributed by atoms with Gasteiger partial charge in [-0.3, -0.25) is 24.0 Å². The third kappa shape index (κ3) is 5.28. The van der Waals surface area contributed by atoms with Crippen molar-refractivity contribution in [1.82, 2.24) is 15.4 Å². The maximum atomic E-state index is 13.5. The number of para-hydroxylation sites is 2. The van der Waals surface area contributed by atoms with Crippen LogP contribution in [0.25, 0.3) is 0 Å². The van der Waals surface area contributed by atoms with Gasteiger partial charge in [-0.15, -0.1) is 0 Å². The lowest BCUT2D eigenvalue weighted by atomic mass is 9.93. The average molecular weight is 563 g/mol. The van der Waals surface area contributed by atoms with Crippen LogP contribution in [0, 0.1) is 17.8 Å². The van der Waals surface area contributed by atoms with Gasteiger partial charge in [-0.1, -0.05) is 25.5 Å². The van der Waals surface area contributed by atoms with Gasteiger partial charge in [-0.25, -0.2) is 13.2 Å². The summed E-state index contributed by atoms with van der Waals surface area (Å²) in [5.41, 5.74) is -0.759. The molecule has 1 heterocycles. The second-order valence-electron chi connectivity index (χ2n) is 10.7. The van der Waals surface area contributed by atoms with Crippen molar-refractivity contribution in [1.29, 1.82) is 0 Å². The Kier molecular flexibility index (Phi) is 7.21. The molecule has 0 radical (unpaired) electrons. The Balaban J connectivity index is 1.28. The lowest BCUT2D eigenvalue weighted by Crippen LogP contribution is -2.54. The lowest BCUT2D eigenvalue weighted by molar-refractivity contribution is -0.136. The first-order chi connectivity index (χ1) is 18.6. The van der Waals surface area contributed by atoms with Gasteiger partial charge in [0.1, 0.15) is 24.0 Å². The summed E-state index contributed by atoms with van der Waals surface area (Å²) in [6.07, 6.45) is 0.832. The maximum Gasteiger partial charge on any atom is 0.414 e. The number of nitrogens with one attached hydrogen (secondary N) is 3. The van der Waals surface area contributed by atoms with Crippen molar-refractivity contribution < 1.29 is 37.1 Å². The topological polar surface area (TPSA) is 160 Å². The minimum atomic E-state index is -3.78. The molecule has 0 spiro atoms. The van der Waals surface area contributed by atoms with Gasteiger partial charge < -0.3 is 20.1 Å². The number of carbonyl (C=O) groups excluding carboxylic acids is 4. The van der Waals surface area contributed by atoms with E-state index in [2.05, 4.69) is 15.4 Å². The minimum absolute atomic E-state index is 0.0938. The van der Waals surface area contributed by atoms with E-state index in [9.17, 15) is 27.6 Å². The van der Waals surface area contributed by atoms with Gasteiger partial charge in [-0.2, -0.15) is 0 Å². The summed E-state index contributed by atoms with van der Waals surface area (Å²) < 4.78 is 38.3. The van der Waals surface area contributed by atoms with Crippen LogP contribution in [0.15, 0.2) is 24.3 Å². The number of carbonyl (C=O) groups is 4. The number of anilines is 1. The van der Waals surface area contributed by atoms with Gasteiger partial charge >= 0.3 is 6.09 Å². The van der Waals surface area contributed by atoms with Gasteiger partial charge in [0.15, 0.2) is 0 Å². The smallest absolute Gasteiger partial charge is 0.414 e. The van der Waals surface area contributed by atoms with Crippen molar-refractivity contribution in [3.05, 3.63) is 24.3 Å². The highest BCUT2D eigenvalue weighted by Gasteiger charge is 2.62. The SMILES string of the molecule is CC[C@@H]1C[C@]1(NC(=O)[C@@H]1C[C@@H](OC(=O)N2CCOc3ccccc32)C[C@H]1C(=O)NC)C(=O)NS(=O)(=O)C1CC1. The molecule has 0 saturated heterocycles. The predicted molar refractivity (Wildman–Crippen MR) is 139 cm³/mol. The van der Waals surface area contributed by atoms with E-state index in [1.165, 1.54) is 11.9 Å². The summed E-state index contributed by atoms with van der Waals surface area (Å²) in [6, 6.07) is 7.10. The lowest BCUT2D eigenvalue weighted by Gasteiger charge is -2.29. The molecule has 3 fully saturated rings. The molecule has 1 aromatic carbocycles. The Hall–Kier alpha value is -3.35. The van der Waals surface area contributed by atoms with Gasteiger partial charge in [0.2, 0.25) is 21.8 Å². The highest BCUT2D eigenvalue weighted by molar-refractivity contribution is 7.91. The van der Waals surface area contributed by atoms with Crippen molar-refractivity contribution in [2.24, 2.45) is 17.8 Å². The van der Waals surface area contributed by atoms with Crippen LogP contribution in [0.5, 0.6) is 5.75 Å². The van der Waals surface area contributed by atoms with Gasteiger partial charge in [-0.05, 0) is 50.2 Å². The summed E-state index contributed by atoms with van der Waals surface area (Å²) in [5, 5.41) is 4.78.